The van der Waals surface area contributed by atoms with Gasteiger partial charge in [0.2, 0.25) is 10.0 Å². The number of ether oxygens (including phenoxy) is 2. The lowest BCUT2D eigenvalue weighted by Gasteiger charge is -2.28. The predicted molar refractivity (Wildman–Crippen MR) is 177 cm³/mol. The summed E-state index contributed by atoms with van der Waals surface area (Å²) < 4.78 is 38.6. The van der Waals surface area contributed by atoms with Gasteiger partial charge in [-0.05, 0) is 78.2 Å². The van der Waals surface area contributed by atoms with Crippen molar-refractivity contribution in [2.75, 3.05) is 15.9 Å². The van der Waals surface area contributed by atoms with Crippen LogP contribution in [0, 0.1) is 29.6 Å². The molecule has 0 atom stereocenters. The number of rotatable bonds is 12. The molecule has 0 amide bonds. The molecule has 0 saturated heterocycles. The summed E-state index contributed by atoms with van der Waals surface area (Å²) in [4.78, 5) is 6.25. The molecule has 0 fully saturated rings. The van der Waals surface area contributed by atoms with Gasteiger partial charge in [-0.3, -0.25) is 9.71 Å². The summed E-state index contributed by atoms with van der Waals surface area (Å²) in [5.74, 6) is 1.57. The Morgan fingerprint density at radius 2 is 1.46 bits per heavy atom. The van der Waals surface area contributed by atoms with E-state index in [-0.39, 0.29) is 0 Å². The third kappa shape index (κ3) is 8.63. The van der Waals surface area contributed by atoms with Crippen LogP contribution < -0.4 is 19.1 Å². The van der Waals surface area contributed by atoms with Gasteiger partial charge < -0.3 is 14.4 Å². The lowest BCUT2D eigenvalue weighted by atomic mass is 10.1. The first-order chi connectivity index (χ1) is 22.2. The van der Waals surface area contributed by atoms with E-state index in [1.165, 1.54) is 0 Å². The number of pyridine rings is 1. The molecule has 5 aromatic rings. The van der Waals surface area contributed by atoms with Crippen LogP contribution in [-0.4, -0.2) is 19.7 Å². The van der Waals surface area contributed by atoms with Gasteiger partial charge in [0.25, 0.3) is 0 Å². The van der Waals surface area contributed by atoms with Crippen molar-refractivity contribution < 1.29 is 17.9 Å². The minimum Gasteiger partial charge on any atom is -0.489 e. The highest BCUT2D eigenvalue weighted by atomic mass is 32.2. The molecule has 9 nitrogen and oxygen atoms in total. The minimum atomic E-state index is -3.46. The van der Waals surface area contributed by atoms with Crippen LogP contribution >= 0.6 is 0 Å². The molecule has 4 aromatic carbocycles. The highest BCUT2D eigenvalue weighted by Crippen LogP contribution is 2.32. The molecular formula is C36H31N5O4S. The van der Waals surface area contributed by atoms with Crippen LogP contribution in [0.4, 0.5) is 11.4 Å². The van der Waals surface area contributed by atoms with Crippen molar-refractivity contribution in [2.24, 2.45) is 0 Å². The largest absolute Gasteiger partial charge is 0.489 e. The van der Waals surface area contributed by atoms with Crippen LogP contribution in [0.1, 0.15) is 33.4 Å². The van der Waals surface area contributed by atoms with E-state index in [1.54, 1.807) is 48.8 Å². The average molecular weight is 630 g/mol. The van der Waals surface area contributed by atoms with Gasteiger partial charge in [0.1, 0.15) is 23.9 Å². The highest BCUT2D eigenvalue weighted by Gasteiger charge is 2.16. The highest BCUT2D eigenvalue weighted by molar-refractivity contribution is 7.92. The van der Waals surface area contributed by atoms with Gasteiger partial charge in [-0.1, -0.05) is 36.4 Å². The molecule has 0 aliphatic rings. The minimum absolute atomic E-state index is 0.308. The van der Waals surface area contributed by atoms with Crippen LogP contribution in [0.3, 0.4) is 0 Å². The lowest BCUT2D eigenvalue weighted by Crippen LogP contribution is -2.23. The molecule has 1 N–H and O–H groups in total. The molecule has 5 rings (SSSR count). The van der Waals surface area contributed by atoms with E-state index in [0.717, 1.165) is 34.2 Å². The number of hydrogen-bond acceptors (Lipinski definition) is 8. The SMILES string of the molecule is Cc1c(NS(C)(=O)=O)cccc1N(Cc1ccc(C#N)cc1)Cc1ccc(Oc2cc(C#N)cc(OCc3cccnc3)c2)cc1. The normalized spacial score (nSPS) is 10.8. The summed E-state index contributed by atoms with van der Waals surface area (Å²) in [5, 5.41) is 18.8. The smallest absolute Gasteiger partial charge is 0.229 e. The van der Waals surface area contributed by atoms with E-state index in [9.17, 15) is 18.9 Å². The third-order valence-corrected chi connectivity index (χ3v) is 7.66. The van der Waals surface area contributed by atoms with Crippen molar-refractivity contribution in [3.63, 3.8) is 0 Å². The number of anilines is 2. The van der Waals surface area contributed by atoms with Crippen molar-refractivity contribution in [1.29, 1.82) is 10.5 Å². The number of sulfonamides is 1. The summed E-state index contributed by atoms with van der Waals surface area (Å²) in [6.07, 6.45) is 4.55. The molecule has 0 aliphatic carbocycles. The Kier molecular flexibility index (Phi) is 9.81. The lowest BCUT2D eigenvalue weighted by molar-refractivity contribution is 0.304. The Morgan fingerprint density at radius 1 is 0.783 bits per heavy atom. The fourth-order valence-electron chi connectivity index (χ4n) is 4.86. The molecule has 46 heavy (non-hydrogen) atoms. The first kappa shape index (κ1) is 31.6. The van der Waals surface area contributed by atoms with E-state index in [1.807, 2.05) is 67.6 Å². The molecular weight excluding hydrogens is 598 g/mol. The summed E-state index contributed by atoms with van der Waals surface area (Å²) in [5.41, 5.74) is 6.06. The maximum absolute atomic E-state index is 12.0. The van der Waals surface area contributed by atoms with Gasteiger partial charge in [-0.2, -0.15) is 10.5 Å². The second kappa shape index (κ2) is 14.3. The number of hydrogen-bond donors (Lipinski definition) is 1. The van der Waals surface area contributed by atoms with Crippen LogP contribution in [-0.2, 0) is 29.7 Å². The molecule has 0 unspecified atom stereocenters. The topological polar surface area (TPSA) is 128 Å². The Morgan fingerprint density at radius 3 is 2.09 bits per heavy atom. The van der Waals surface area contributed by atoms with Crippen molar-refractivity contribution >= 4 is 21.4 Å². The van der Waals surface area contributed by atoms with E-state index < -0.39 is 10.0 Å². The summed E-state index contributed by atoms with van der Waals surface area (Å²) in [6, 6.07) is 33.7. The first-order valence-electron chi connectivity index (χ1n) is 14.3. The van der Waals surface area contributed by atoms with Crippen LogP contribution in [0.5, 0.6) is 17.2 Å². The number of nitrogens with one attached hydrogen (secondary N) is 1. The molecule has 10 heteroatoms. The van der Waals surface area contributed by atoms with Gasteiger partial charge >= 0.3 is 0 Å². The van der Waals surface area contributed by atoms with Crippen molar-refractivity contribution in [1.82, 2.24) is 4.98 Å². The van der Waals surface area contributed by atoms with Gasteiger partial charge in [-0.25, -0.2) is 8.42 Å². The second-order valence-corrected chi connectivity index (χ2v) is 12.4. The summed E-state index contributed by atoms with van der Waals surface area (Å²) in [6.45, 7) is 3.23. The van der Waals surface area contributed by atoms with Crippen LogP contribution in [0.25, 0.3) is 0 Å². The summed E-state index contributed by atoms with van der Waals surface area (Å²) >= 11 is 0. The maximum Gasteiger partial charge on any atom is 0.229 e. The Bertz CT molecular complexity index is 2000. The number of benzene rings is 4. The molecule has 0 spiro atoms. The molecule has 1 heterocycles. The molecule has 1 aromatic heterocycles. The van der Waals surface area contributed by atoms with Crippen molar-refractivity contribution in [3.8, 4) is 29.4 Å². The fraction of sp³-hybridized carbons (Fsp3) is 0.139. The Hall–Kier alpha value is -5.84. The van der Waals surface area contributed by atoms with Gasteiger partial charge in [-0.15, -0.1) is 0 Å². The van der Waals surface area contributed by atoms with Crippen molar-refractivity contribution in [3.05, 3.63) is 143 Å². The quantitative estimate of drug-likeness (QED) is 0.155. The van der Waals surface area contributed by atoms with E-state index in [2.05, 4.69) is 26.7 Å². The van der Waals surface area contributed by atoms with Gasteiger partial charge in [0.05, 0.1) is 35.2 Å². The molecule has 0 radical (unpaired) electrons. The zero-order valence-electron chi connectivity index (χ0n) is 25.3. The Labute approximate surface area is 269 Å². The molecule has 0 bridgehead atoms. The number of nitriles is 2. The predicted octanol–water partition coefficient (Wildman–Crippen LogP) is 7.08. The molecule has 230 valence electrons. The first-order valence-corrected chi connectivity index (χ1v) is 16.2. The molecule has 0 saturated carbocycles. The van der Waals surface area contributed by atoms with Crippen LogP contribution in [0.2, 0.25) is 0 Å². The maximum atomic E-state index is 12.0. The van der Waals surface area contributed by atoms with Crippen LogP contribution in [0.15, 0.2) is 109 Å². The number of aromatic nitrogens is 1. The van der Waals surface area contributed by atoms with Crippen molar-refractivity contribution in [2.45, 2.75) is 26.6 Å². The summed E-state index contributed by atoms with van der Waals surface area (Å²) in [7, 11) is -3.46. The standard InChI is InChI=1S/C36H31N5O4S/c1-26-35(40-46(2,42)43)6-3-7-36(26)41(23-28-10-8-27(20-37)9-11-28)24-29-12-14-32(15-13-29)45-34-18-31(21-38)17-33(19-34)44-25-30-5-4-16-39-22-30/h3-19,22,40H,23-25H2,1-2H3. The third-order valence-electron chi connectivity index (χ3n) is 7.07. The van der Waals surface area contributed by atoms with E-state index in [0.29, 0.717) is 53.8 Å². The average Bonchev–Trinajstić information content (AvgIpc) is 3.05. The van der Waals surface area contributed by atoms with E-state index >= 15 is 0 Å². The monoisotopic (exact) mass is 629 g/mol. The molecule has 0 aliphatic heterocycles. The van der Waals surface area contributed by atoms with Gasteiger partial charge in [0, 0.05) is 42.8 Å². The Balaban J connectivity index is 1.36. The second-order valence-electron chi connectivity index (χ2n) is 10.7. The number of nitrogens with zero attached hydrogens (tertiary/aromatic N) is 4. The zero-order valence-corrected chi connectivity index (χ0v) is 26.2. The van der Waals surface area contributed by atoms with E-state index in [4.69, 9.17) is 9.47 Å². The zero-order chi connectivity index (χ0) is 32.5. The fourth-order valence-corrected chi connectivity index (χ4v) is 5.48. The van der Waals surface area contributed by atoms with Gasteiger partial charge in [0.15, 0.2) is 0 Å².